The summed E-state index contributed by atoms with van der Waals surface area (Å²) < 4.78 is 4.95. The third kappa shape index (κ3) is 4.19. The van der Waals surface area contributed by atoms with Gasteiger partial charge in [-0.1, -0.05) is 30.5 Å². The highest BCUT2D eigenvalue weighted by atomic mass is 35.5. The minimum atomic E-state index is -0.790. The number of aryl methyl sites for hydroxylation is 2. The van der Waals surface area contributed by atoms with Crippen LogP contribution in [0.5, 0.6) is 0 Å². The monoisotopic (exact) mass is 406 g/mol. The molecule has 8 heteroatoms. The van der Waals surface area contributed by atoms with Gasteiger partial charge in [-0.3, -0.25) is 24.1 Å². The summed E-state index contributed by atoms with van der Waals surface area (Å²) >= 11 is 6.14. The summed E-state index contributed by atoms with van der Waals surface area (Å²) in [7, 11) is 0. The lowest BCUT2D eigenvalue weighted by Crippen LogP contribution is -2.37. The van der Waals surface area contributed by atoms with Gasteiger partial charge in [-0.25, -0.2) is 0 Å². The predicted molar refractivity (Wildman–Crippen MR) is 103 cm³/mol. The summed E-state index contributed by atoms with van der Waals surface area (Å²) in [4.78, 5) is 49.9. The van der Waals surface area contributed by atoms with Gasteiger partial charge in [-0.2, -0.15) is 0 Å². The zero-order valence-electron chi connectivity index (χ0n) is 15.9. The summed E-state index contributed by atoms with van der Waals surface area (Å²) in [5.41, 5.74) is 2.22. The maximum atomic E-state index is 12.4. The van der Waals surface area contributed by atoms with Crippen LogP contribution < -0.4 is 5.32 Å². The maximum Gasteiger partial charge on any atom is 0.326 e. The number of carbonyl (C=O) groups excluding carboxylic acids is 4. The summed E-state index contributed by atoms with van der Waals surface area (Å²) in [6.07, 6.45) is 3.19. The standard InChI is InChI=1S/C20H23ClN2O5/c1-11-7-12(2)18(15(21)8-11)22-16(24)10-28-17(25)9-23-19(26)13-5-3-4-6-14(13)20(23)27/h7-8,13-14H,3-6,9-10H2,1-2H3,(H,22,24)/t13-,14+. The minimum absolute atomic E-state index is 0.307. The molecule has 28 heavy (non-hydrogen) atoms. The van der Waals surface area contributed by atoms with Crippen molar-refractivity contribution in [2.24, 2.45) is 11.8 Å². The van der Waals surface area contributed by atoms with Gasteiger partial charge in [0, 0.05) is 0 Å². The minimum Gasteiger partial charge on any atom is -0.454 e. The van der Waals surface area contributed by atoms with E-state index in [9.17, 15) is 19.2 Å². The summed E-state index contributed by atoms with van der Waals surface area (Å²) in [5.74, 6) is -2.58. The molecule has 1 heterocycles. The maximum absolute atomic E-state index is 12.4. The van der Waals surface area contributed by atoms with Gasteiger partial charge in [0.2, 0.25) is 11.8 Å². The number of nitrogens with one attached hydrogen (secondary N) is 1. The molecule has 150 valence electrons. The number of hydrogen-bond donors (Lipinski definition) is 1. The summed E-state index contributed by atoms with van der Waals surface area (Å²) in [6.45, 7) is 2.72. The van der Waals surface area contributed by atoms with Crippen molar-refractivity contribution < 1.29 is 23.9 Å². The second-order valence-electron chi connectivity index (χ2n) is 7.41. The number of benzene rings is 1. The average Bonchev–Trinajstić information content (AvgIpc) is 2.88. The van der Waals surface area contributed by atoms with Crippen molar-refractivity contribution in [1.29, 1.82) is 0 Å². The van der Waals surface area contributed by atoms with Gasteiger partial charge in [-0.15, -0.1) is 0 Å². The van der Waals surface area contributed by atoms with E-state index in [1.165, 1.54) is 0 Å². The molecular formula is C20H23ClN2O5. The molecule has 3 rings (SSSR count). The summed E-state index contributed by atoms with van der Waals surface area (Å²) in [6, 6.07) is 3.59. The quantitative estimate of drug-likeness (QED) is 0.599. The number of fused-ring (bicyclic) bond motifs is 1. The van der Waals surface area contributed by atoms with Crippen LogP contribution in [0.15, 0.2) is 12.1 Å². The van der Waals surface area contributed by atoms with Crippen LogP contribution in [-0.2, 0) is 23.9 Å². The fourth-order valence-corrected chi connectivity index (χ4v) is 4.33. The normalized spacial score (nSPS) is 21.5. The van der Waals surface area contributed by atoms with E-state index in [1.54, 1.807) is 6.07 Å². The van der Waals surface area contributed by atoms with E-state index >= 15 is 0 Å². The number of hydrogen-bond acceptors (Lipinski definition) is 5. The SMILES string of the molecule is Cc1cc(C)c(NC(=O)COC(=O)CN2C(=O)[C@H]3CCCC[C@H]3C2=O)c(Cl)c1. The average molecular weight is 407 g/mol. The van der Waals surface area contributed by atoms with Crippen LogP contribution in [0.3, 0.4) is 0 Å². The molecule has 3 amide bonds. The van der Waals surface area contributed by atoms with Gasteiger partial charge < -0.3 is 10.1 Å². The second-order valence-corrected chi connectivity index (χ2v) is 7.81. The number of ether oxygens (including phenoxy) is 1. The van der Waals surface area contributed by atoms with Crippen molar-refractivity contribution in [2.45, 2.75) is 39.5 Å². The molecule has 1 aliphatic heterocycles. The fraction of sp³-hybridized carbons (Fsp3) is 0.500. The first-order chi connectivity index (χ1) is 13.3. The van der Waals surface area contributed by atoms with E-state index in [2.05, 4.69) is 5.32 Å². The highest BCUT2D eigenvalue weighted by Crippen LogP contribution is 2.37. The molecule has 1 saturated carbocycles. The fourth-order valence-electron chi connectivity index (χ4n) is 3.96. The molecule has 0 radical (unpaired) electrons. The van der Waals surface area contributed by atoms with Gasteiger partial charge in [0.25, 0.3) is 5.91 Å². The van der Waals surface area contributed by atoms with E-state index in [1.807, 2.05) is 19.9 Å². The molecule has 0 bridgehead atoms. The molecule has 2 atom stereocenters. The van der Waals surface area contributed by atoms with Crippen LogP contribution in [0.2, 0.25) is 5.02 Å². The molecule has 1 N–H and O–H groups in total. The molecule has 0 unspecified atom stereocenters. The van der Waals surface area contributed by atoms with Gasteiger partial charge in [0.05, 0.1) is 22.5 Å². The Morgan fingerprint density at radius 1 is 1.14 bits per heavy atom. The first-order valence-corrected chi connectivity index (χ1v) is 9.73. The molecule has 7 nitrogen and oxygen atoms in total. The van der Waals surface area contributed by atoms with Crippen molar-refractivity contribution in [3.05, 3.63) is 28.3 Å². The number of anilines is 1. The van der Waals surface area contributed by atoms with E-state index in [-0.39, 0.29) is 23.7 Å². The summed E-state index contributed by atoms with van der Waals surface area (Å²) in [5, 5.41) is 3.01. The van der Waals surface area contributed by atoms with Crippen molar-refractivity contribution in [3.8, 4) is 0 Å². The van der Waals surface area contributed by atoms with E-state index in [0.29, 0.717) is 23.6 Å². The van der Waals surface area contributed by atoms with E-state index in [4.69, 9.17) is 16.3 Å². The Labute approximate surface area is 168 Å². The number of esters is 1. The third-order valence-electron chi connectivity index (χ3n) is 5.28. The molecule has 2 fully saturated rings. The number of amides is 3. The van der Waals surface area contributed by atoms with Gasteiger partial charge in [0.15, 0.2) is 6.61 Å². The predicted octanol–water partition coefficient (Wildman–Crippen LogP) is 2.61. The van der Waals surface area contributed by atoms with E-state index < -0.39 is 25.0 Å². The van der Waals surface area contributed by atoms with Crippen molar-refractivity contribution in [2.75, 3.05) is 18.5 Å². The molecule has 1 saturated heterocycles. The Morgan fingerprint density at radius 3 is 2.32 bits per heavy atom. The lowest BCUT2D eigenvalue weighted by molar-refractivity contribution is -0.154. The van der Waals surface area contributed by atoms with E-state index in [0.717, 1.165) is 28.9 Å². The lowest BCUT2D eigenvalue weighted by atomic mass is 9.81. The van der Waals surface area contributed by atoms with Crippen LogP contribution in [0, 0.1) is 25.7 Å². The smallest absolute Gasteiger partial charge is 0.326 e. The zero-order chi connectivity index (χ0) is 20.4. The Morgan fingerprint density at radius 2 is 1.75 bits per heavy atom. The number of carbonyl (C=O) groups is 4. The molecule has 2 aliphatic rings. The van der Waals surface area contributed by atoms with Crippen molar-refractivity contribution in [1.82, 2.24) is 4.90 Å². The highest BCUT2D eigenvalue weighted by molar-refractivity contribution is 6.34. The first kappa shape index (κ1) is 20.3. The van der Waals surface area contributed by atoms with Gasteiger partial charge >= 0.3 is 5.97 Å². The molecule has 1 aromatic rings. The number of nitrogens with zero attached hydrogens (tertiary/aromatic N) is 1. The number of likely N-dealkylation sites (tertiary alicyclic amines) is 1. The molecule has 1 aromatic carbocycles. The third-order valence-corrected chi connectivity index (χ3v) is 5.58. The van der Waals surface area contributed by atoms with Crippen LogP contribution in [-0.4, -0.2) is 41.7 Å². The Hall–Kier alpha value is -2.41. The van der Waals surface area contributed by atoms with Crippen LogP contribution in [0.4, 0.5) is 5.69 Å². The largest absolute Gasteiger partial charge is 0.454 e. The van der Waals surface area contributed by atoms with Gasteiger partial charge in [-0.05, 0) is 43.9 Å². The lowest BCUT2D eigenvalue weighted by Gasteiger charge is -2.19. The second kappa shape index (κ2) is 8.31. The number of imide groups is 1. The number of halogens is 1. The molecule has 1 aliphatic carbocycles. The first-order valence-electron chi connectivity index (χ1n) is 9.35. The highest BCUT2D eigenvalue weighted by Gasteiger charge is 2.48. The van der Waals surface area contributed by atoms with Crippen LogP contribution >= 0.6 is 11.6 Å². The Kier molecular flexibility index (Phi) is 6.03. The molecule has 0 spiro atoms. The van der Waals surface area contributed by atoms with Crippen molar-refractivity contribution >= 4 is 41.0 Å². The molecular weight excluding hydrogens is 384 g/mol. The van der Waals surface area contributed by atoms with Gasteiger partial charge in [0.1, 0.15) is 6.54 Å². The Bertz CT molecular complexity index is 791. The van der Waals surface area contributed by atoms with Crippen LogP contribution in [0.1, 0.15) is 36.8 Å². The Balaban J connectivity index is 1.52. The number of rotatable bonds is 5. The van der Waals surface area contributed by atoms with Crippen LogP contribution in [0.25, 0.3) is 0 Å². The van der Waals surface area contributed by atoms with Crippen molar-refractivity contribution in [3.63, 3.8) is 0 Å². The topological polar surface area (TPSA) is 92.8 Å². The zero-order valence-corrected chi connectivity index (χ0v) is 16.7. The molecule has 0 aromatic heterocycles.